The summed E-state index contributed by atoms with van der Waals surface area (Å²) < 4.78 is 32.2. The second-order valence-corrected chi connectivity index (χ2v) is 5.27. The molecule has 1 aromatic rings. The van der Waals surface area contributed by atoms with Crippen molar-refractivity contribution in [1.29, 1.82) is 0 Å². The summed E-state index contributed by atoms with van der Waals surface area (Å²) in [5, 5.41) is 3.95. The average molecular weight is 275 g/mol. The van der Waals surface area contributed by atoms with Gasteiger partial charge >= 0.3 is 5.97 Å². The Balaban J connectivity index is 2.80. The van der Waals surface area contributed by atoms with E-state index in [1.54, 1.807) is 18.5 Å². The molecule has 1 aromatic heterocycles. The Bertz CT molecular complexity index is 521. The van der Waals surface area contributed by atoms with Gasteiger partial charge in [0.25, 0.3) is 0 Å². The van der Waals surface area contributed by atoms with Crippen LogP contribution in [0.4, 0.5) is 0 Å². The van der Waals surface area contributed by atoms with Crippen molar-refractivity contribution < 1.29 is 17.9 Å². The molecule has 0 aliphatic carbocycles. The first-order valence-corrected chi connectivity index (χ1v) is 7.08. The molecule has 0 aliphatic rings. The third kappa shape index (κ3) is 3.30. The maximum Gasteiger partial charge on any atom is 0.321 e. The van der Waals surface area contributed by atoms with Gasteiger partial charge in [0.2, 0.25) is 10.0 Å². The number of aromatic nitrogens is 2. The van der Waals surface area contributed by atoms with Crippen LogP contribution in [0.1, 0.15) is 19.5 Å². The molecule has 0 aromatic carbocycles. The lowest BCUT2D eigenvalue weighted by Crippen LogP contribution is -2.31. The van der Waals surface area contributed by atoms with Gasteiger partial charge in [-0.15, -0.1) is 0 Å². The molecule has 18 heavy (non-hydrogen) atoms. The van der Waals surface area contributed by atoms with E-state index in [9.17, 15) is 13.2 Å². The fourth-order valence-electron chi connectivity index (χ4n) is 1.46. The summed E-state index contributed by atoms with van der Waals surface area (Å²) >= 11 is 0. The van der Waals surface area contributed by atoms with E-state index in [2.05, 4.69) is 14.6 Å². The zero-order valence-electron chi connectivity index (χ0n) is 10.6. The molecule has 0 atom stereocenters. The van der Waals surface area contributed by atoms with Gasteiger partial charge < -0.3 is 4.74 Å². The normalized spacial score (nSPS) is 11.5. The first-order valence-electron chi connectivity index (χ1n) is 5.60. The van der Waals surface area contributed by atoms with E-state index < -0.39 is 16.0 Å². The van der Waals surface area contributed by atoms with Crippen LogP contribution in [-0.4, -0.2) is 37.3 Å². The third-order valence-electron chi connectivity index (χ3n) is 2.36. The van der Waals surface area contributed by atoms with E-state index in [1.165, 1.54) is 6.20 Å². The highest BCUT2D eigenvalue weighted by atomic mass is 32.2. The van der Waals surface area contributed by atoms with E-state index in [-0.39, 0.29) is 18.0 Å². The number of rotatable bonds is 6. The van der Waals surface area contributed by atoms with E-state index >= 15 is 0 Å². The monoisotopic (exact) mass is 275 g/mol. The molecule has 1 rings (SSSR count). The van der Waals surface area contributed by atoms with Gasteiger partial charge in [-0.05, 0) is 20.8 Å². The number of aryl methyl sites for hydroxylation is 1. The highest BCUT2D eigenvalue weighted by Gasteiger charge is 2.21. The molecule has 0 amide bonds. The first kappa shape index (κ1) is 14.7. The van der Waals surface area contributed by atoms with Gasteiger partial charge in [-0.2, -0.15) is 9.82 Å². The SMILES string of the molecule is CCOC(=O)CNS(=O)(=O)c1cnn(CC)c1C. The molecule has 102 valence electrons. The number of carbonyl (C=O) groups is 1. The quantitative estimate of drug-likeness (QED) is 0.741. The summed E-state index contributed by atoms with van der Waals surface area (Å²) in [4.78, 5) is 11.2. The molecule has 1 N–H and O–H groups in total. The lowest BCUT2D eigenvalue weighted by molar-refractivity contribution is -0.141. The lowest BCUT2D eigenvalue weighted by Gasteiger charge is -2.06. The molecule has 0 aliphatic heterocycles. The topological polar surface area (TPSA) is 90.3 Å². The average Bonchev–Trinajstić information content (AvgIpc) is 2.69. The number of hydrogen-bond acceptors (Lipinski definition) is 5. The first-order chi connectivity index (χ1) is 8.42. The summed E-state index contributed by atoms with van der Waals surface area (Å²) in [6, 6.07) is 0. The number of esters is 1. The van der Waals surface area contributed by atoms with Crippen molar-refractivity contribution >= 4 is 16.0 Å². The molecule has 0 spiro atoms. The van der Waals surface area contributed by atoms with E-state index in [4.69, 9.17) is 0 Å². The predicted octanol–water partition coefficient (Wildman–Crippen LogP) is 0.0528. The van der Waals surface area contributed by atoms with E-state index in [1.807, 2.05) is 6.92 Å². The van der Waals surface area contributed by atoms with Gasteiger partial charge in [-0.3, -0.25) is 9.48 Å². The van der Waals surface area contributed by atoms with E-state index in [0.717, 1.165) is 0 Å². The van der Waals surface area contributed by atoms with Crippen molar-refractivity contribution in [2.45, 2.75) is 32.2 Å². The zero-order valence-corrected chi connectivity index (χ0v) is 11.5. The summed E-state index contributed by atoms with van der Waals surface area (Å²) in [7, 11) is -3.73. The number of nitrogens with one attached hydrogen (secondary N) is 1. The van der Waals surface area contributed by atoms with Gasteiger partial charge in [0.05, 0.1) is 18.5 Å². The molecule has 7 nitrogen and oxygen atoms in total. The number of ether oxygens (including phenoxy) is 1. The molecule has 0 bridgehead atoms. The van der Waals surface area contributed by atoms with Crippen LogP contribution in [0.25, 0.3) is 0 Å². The van der Waals surface area contributed by atoms with E-state index in [0.29, 0.717) is 12.2 Å². The highest BCUT2D eigenvalue weighted by Crippen LogP contribution is 2.13. The minimum absolute atomic E-state index is 0.0775. The maximum atomic E-state index is 11.9. The Kier molecular flexibility index (Phi) is 4.85. The summed E-state index contributed by atoms with van der Waals surface area (Å²) in [6.45, 7) is 5.60. The van der Waals surface area contributed by atoms with Crippen LogP contribution in [0.3, 0.4) is 0 Å². The Morgan fingerprint density at radius 2 is 2.17 bits per heavy atom. The maximum absolute atomic E-state index is 11.9. The van der Waals surface area contributed by atoms with Crippen molar-refractivity contribution in [3.8, 4) is 0 Å². The second kappa shape index (κ2) is 5.96. The molecule has 0 fully saturated rings. The van der Waals surface area contributed by atoms with Crippen LogP contribution < -0.4 is 4.72 Å². The molecule has 0 unspecified atom stereocenters. The van der Waals surface area contributed by atoms with Gasteiger partial charge in [0.15, 0.2) is 0 Å². The molecule has 0 saturated carbocycles. The van der Waals surface area contributed by atoms with Crippen molar-refractivity contribution in [3.63, 3.8) is 0 Å². The predicted molar refractivity (Wildman–Crippen MR) is 64.5 cm³/mol. The fraction of sp³-hybridized carbons (Fsp3) is 0.600. The minimum Gasteiger partial charge on any atom is -0.465 e. The van der Waals surface area contributed by atoms with Crippen LogP contribution in [-0.2, 0) is 26.1 Å². The number of hydrogen-bond donors (Lipinski definition) is 1. The fourth-order valence-corrected chi connectivity index (χ4v) is 2.60. The van der Waals surface area contributed by atoms with Gasteiger partial charge in [-0.1, -0.05) is 0 Å². The molecule has 0 saturated heterocycles. The van der Waals surface area contributed by atoms with Crippen molar-refractivity contribution in [3.05, 3.63) is 11.9 Å². The van der Waals surface area contributed by atoms with Crippen molar-refractivity contribution in [1.82, 2.24) is 14.5 Å². The summed E-state index contributed by atoms with van der Waals surface area (Å²) in [5.41, 5.74) is 0.536. The Morgan fingerprint density at radius 3 is 2.67 bits per heavy atom. The van der Waals surface area contributed by atoms with Crippen molar-refractivity contribution in [2.75, 3.05) is 13.2 Å². The Hall–Kier alpha value is -1.41. The summed E-state index contributed by atoms with van der Waals surface area (Å²) in [6.07, 6.45) is 1.27. The Morgan fingerprint density at radius 1 is 1.50 bits per heavy atom. The number of sulfonamides is 1. The lowest BCUT2D eigenvalue weighted by atomic mass is 10.5. The van der Waals surface area contributed by atoms with Crippen LogP contribution in [0.15, 0.2) is 11.1 Å². The molecule has 0 radical (unpaired) electrons. The van der Waals surface area contributed by atoms with Gasteiger partial charge in [0, 0.05) is 6.54 Å². The Labute approximate surface area is 106 Å². The van der Waals surface area contributed by atoms with Crippen LogP contribution in [0.2, 0.25) is 0 Å². The smallest absolute Gasteiger partial charge is 0.321 e. The molecular formula is C10H17N3O4S. The highest BCUT2D eigenvalue weighted by molar-refractivity contribution is 7.89. The molecule has 8 heteroatoms. The number of nitrogens with zero attached hydrogens (tertiary/aromatic N) is 2. The zero-order chi connectivity index (χ0) is 13.8. The van der Waals surface area contributed by atoms with Crippen LogP contribution in [0, 0.1) is 6.92 Å². The molecule has 1 heterocycles. The molecular weight excluding hydrogens is 258 g/mol. The summed E-state index contributed by atoms with van der Waals surface area (Å²) in [5.74, 6) is -0.610. The standard InChI is InChI=1S/C10H17N3O4S/c1-4-13-8(3)9(6-11-13)18(15,16)12-7-10(14)17-5-2/h6,12H,4-5,7H2,1-3H3. The largest absolute Gasteiger partial charge is 0.465 e. The van der Waals surface area contributed by atoms with Crippen LogP contribution in [0.5, 0.6) is 0 Å². The van der Waals surface area contributed by atoms with Crippen molar-refractivity contribution in [2.24, 2.45) is 0 Å². The second-order valence-electron chi connectivity index (χ2n) is 3.54. The number of carbonyl (C=O) groups excluding carboxylic acids is 1. The third-order valence-corrected chi connectivity index (χ3v) is 3.86. The van der Waals surface area contributed by atoms with Crippen LogP contribution >= 0.6 is 0 Å². The van der Waals surface area contributed by atoms with Gasteiger partial charge in [-0.25, -0.2) is 8.42 Å². The van der Waals surface area contributed by atoms with Gasteiger partial charge in [0.1, 0.15) is 11.4 Å². The minimum atomic E-state index is -3.73.